The van der Waals surface area contributed by atoms with Gasteiger partial charge in [-0.2, -0.15) is 5.06 Å². The van der Waals surface area contributed by atoms with Crippen molar-refractivity contribution in [3.05, 3.63) is 76.8 Å². The molecule has 0 aliphatic carbocycles. The van der Waals surface area contributed by atoms with Crippen LogP contribution in [-0.2, 0) is 17.6 Å². The van der Waals surface area contributed by atoms with Crippen molar-refractivity contribution in [1.82, 2.24) is 10.0 Å². The Morgan fingerprint density at radius 1 is 1.17 bits per heavy atom. The van der Waals surface area contributed by atoms with Gasteiger partial charge in [-0.05, 0) is 29.7 Å². The molecule has 1 heterocycles. The van der Waals surface area contributed by atoms with Gasteiger partial charge in [0.1, 0.15) is 0 Å². The lowest BCUT2D eigenvalue weighted by Crippen LogP contribution is -2.27. The van der Waals surface area contributed by atoms with Crippen LogP contribution in [0.4, 0.5) is 10.8 Å². The summed E-state index contributed by atoms with van der Waals surface area (Å²) in [6.07, 6.45) is 0.0510. The van der Waals surface area contributed by atoms with Crippen molar-refractivity contribution in [2.75, 3.05) is 24.1 Å². The summed E-state index contributed by atoms with van der Waals surface area (Å²) >= 11 is 1.31. The number of nitrogens with zero attached hydrogens (tertiary/aromatic N) is 2. The molecule has 8 heteroatoms. The Labute approximate surface area is 173 Å². The predicted octanol–water partition coefficient (Wildman–Crippen LogP) is 2.87. The number of carbonyl (C=O) groups excluding carboxylic acids is 1. The Bertz CT molecular complexity index is 915. The van der Waals surface area contributed by atoms with E-state index in [0.29, 0.717) is 29.5 Å². The molecule has 0 saturated carbocycles. The summed E-state index contributed by atoms with van der Waals surface area (Å²) in [6, 6.07) is 16.7. The van der Waals surface area contributed by atoms with Crippen LogP contribution in [0.25, 0.3) is 0 Å². The number of nitrogens with one attached hydrogen (secondary N) is 1. The first kappa shape index (κ1) is 20.9. The molecule has 3 rings (SSSR count). The fourth-order valence-corrected chi connectivity index (χ4v) is 3.42. The minimum atomic E-state index is -0.744. The molecule has 0 saturated heterocycles. The first-order valence-electron chi connectivity index (χ1n) is 9.25. The van der Waals surface area contributed by atoms with Gasteiger partial charge in [0.15, 0.2) is 5.13 Å². The molecule has 0 unspecified atom stereocenters. The summed E-state index contributed by atoms with van der Waals surface area (Å²) in [5, 5.41) is 26.4. The number of thiazole rings is 1. The third-order valence-corrected chi connectivity index (χ3v) is 5.10. The molecular formula is C21H24N4O3S. The van der Waals surface area contributed by atoms with Crippen LogP contribution in [0.2, 0.25) is 0 Å². The zero-order chi connectivity index (χ0) is 20.6. The third-order valence-electron chi connectivity index (χ3n) is 4.38. The van der Waals surface area contributed by atoms with Gasteiger partial charge in [0.2, 0.25) is 5.91 Å². The van der Waals surface area contributed by atoms with Gasteiger partial charge in [-0.15, -0.1) is 11.3 Å². The lowest BCUT2D eigenvalue weighted by atomic mass is 10.1. The second-order valence-electron chi connectivity index (χ2n) is 6.69. The summed E-state index contributed by atoms with van der Waals surface area (Å²) in [7, 11) is 0. The molecule has 1 aromatic heterocycles. The minimum absolute atomic E-state index is 0.138. The fraction of sp³-hybridized carbons (Fsp3) is 0.238. The van der Waals surface area contributed by atoms with Crippen LogP contribution in [0, 0.1) is 0 Å². The number of nitrogen functional groups attached to an aromatic ring is 1. The summed E-state index contributed by atoms with van der Waals surface area (Å²) in [5.74, 6) is -0.153. The average molecular weight is 413 g/mol. The summed E-state index contributed by atoms with van der Waals surface area (Å²) in [6.45, 7) is 0.528. The highest BCUT2D eigenvalue weighted by molar-refractivity contribution is 7.13. The molecule has 0 radical (unpaired) electrons. The van der Waals surface area contributed by atoms with Gasteiger partial charge < -0.3 is 21.4 Å². The number of rotatable bonds is 9. The van der Waals surface area contributed by atoms with Crippen LogP contribution in [0.15, 0.2) is 60.0 Å². The standard InChI is InChI=1S/C21H24N4O3S/c22-21-24-18(14-29-21)12-20(27)23-17-8-6-15(7-9-17)10-11-25(28)13-19(26)16-4-2-1-3-5-16/h1-9,14,19,26,28H,10-13H2,(H2,22,24)(H,23,27)/t19-/m0/s1. The van der Waals surface area contributed by atoms with Crippen molar-refractivity contribution < 1.29 is 15.1 Å². The Hall–Kier alpha value is -2.78. The van der Waals surface area contributed by atoms with Gasteiger partial charge in [0.25, 0.3) is 0 Å². The number of amides is 1. The molecular weight excluding hydrogens is 388 g/mol. The summed E-state index contributed by atoms with van der Waals surface area (Å²) in [4.78, 5) is 16.1. The third kappa shape index (κ3) is 6.65. The van der Waals surface area contributed by atoms with Crippen LogP contribution < -0.4 is 11.1 Å². The van der Waals surface area contributed by atoms with Gasteiger partial charge >= 0.3 is 0 Å². The van der Waals surface area contributed by atoms with Crippen molar-refractivity contribution in [1.29, 1.82) is 0 Å². The number of carbonyl (C=O) groups is 1. The lowest BCUT2D eigenvalue weighted by molar-refractivity contribution is -0.115. The molecule has 29 heavy (non-hydrogen) atoms. The van der Waals surface area contributed by atoms with E-state index in [-0.39, 0.29) is 18.9 Å². The molecule has 2 aromatic carbocycles. The number of nitrogens with two attached hydrogens (primary N) is 1. The van der Waals surface area contributed by atoms with E-state index in [9.17, 15) is 15.1 Å². The molecule has 3 aromatic rings. The SMILES string of the molecule is Nc1nc(CC(=O)Nc2ccc(CCN(O)C[C@H](O)c3ccccc3)cc2)cs1. The monoisotopic (exact) mass is 412 g/mol. The van der Waals surface area contributed by atoms with Gasteiger partial charge in [-0.1, -0.05) is 42.5 Å². The Morgan fingerprint density at radius 2 is 1.90 bits per heavy atom. The largest absolute Gasteiger partial charge is 0.387 e. The van der Waals surface area contributed by atoms with E-state index in [4.69, 9.17) is 5.73 Å². The molecule has 1 amide bonds. The number of aliphatic hydroxyl groups is 1. The van der Waals surface area contributed by atoms with Crippen LogP contribution in [-0.4, -0.2) is 39.4 Å². The second-order valence-corrected chi connectivity index (χ2v) is 7.58. The lowest BCUT2D eigenvalue weighted by Gasteiger charge is -2.19. The second kappa shape index (κ2) is 10.1. The molecule has 0 aliphatic heterocycles. The van der Waals surface area contributed by atoms with E-state index in [1.54, 1.807) is 5.38 Å². The molecule has 7 nitrogen and oxygen atoms in total. The van der Waals surface area contributed by atoms with Crippen LogP contribution in [0.1, 0.15) is 22.9 Å². The maximum absolute atomic E-state index is 12.1. The number of hydroxylamine groups is 2. The first-order valence-corrected chi connectivity index (χ1v) is 10.1. The van der Waals surface area contributed by atoms with E-state index in [1.807, 2.05) is 54.6 Å². The van der Waals surface area contributed by atoms with Crippen molar-refractivity contribution >= 4 is 28.1 Å². The van der Waals surface area contributed by atoms with Crippen molar-refractivity contribution in [2.45, 2.75) is 18.9 Å². The summed E-state index contributed by atoms with van der Waals surface area (Å²) in [5.41, 5.74) is 8.71. The maximum Gasteiger partial charge on any atom is 0.230 e. The van der Waals surface area contributed by atoms with Crippen LogP contribution in [0.3, 0.4) is 0 Å². The molecule has 152 valence electrons. The van der Waals surface area contributed by atoms with E-state index >= 15 is 0 Å². The van der Waals surface area contributed by atoms with E-state index < -0.39 is 6.10 Å². The van der Waals surface area contributed by atoms with Gasteiger partial charge in [0, 0.05) is 17.6 Å². The zero-order valence-electron chi connectivity index (χ0n) is 15.9. The van der Waals surface area contributed by atoms with Gasteiger partial charge in [0.05, 0.1) is 24.8 Å². The normalized spacial score (nSPS) is 12.1. The number of aromatic nitrogens is 1. The average Bonchev–Trinajstić information content (AvgIpc) is 3.12. The van der Waals surface area contributed by atoms with E-state index in [2.05, 4.69) is 10.3 Å². The number of hydrogen-bond donors (Lipinski definition) is 4. The van der Waals surface area contributed by atoms with Gasteiger partial charge in [-0.25, -0.2) is 4.98 Å². The van der Waals surface area contributed by atoms with Crippen molar-refractivity contribution in [2.24, 2.45) is 0 Å². The number of benzene rings is 2. The first-order chi connectivity index (χ1) is 14.0. The Balaban J connectivity index is 1.43. The number of anilines is 2. The highest BCUT2D eigenvalue weighted by atomic mass is 32.1. The van der Waals surface area contributed by atoms with E-state index in [0.717, 1.165) is 16.2 Å². The molecule has 0 fully saturated rings. The minimum Gasteiger partial charge on any atom is -0.387 e. The molecule has 1 atom stereocenters. The van der Waals surface area contributed by atoms with Gasteiger partial charge in [-0.3, -0.25) is 4.79 Å². The highest BCUT2D eigenvalue weighted by Crippen LogP contribution is 2.15. The predicted molar refractivity (Wildman–Crippen MR) is 114 cm³/mol. The summed E-state index contributed by atoms with van der Waals surface area (Å²) < 4.78 is 0. The van der Waals surface area contributed by atoms with Crippen molar-refractivity contribution in [3.8, 4) is 0 Å². The van der Waals surface area contributed by atoms with Crippen LogP contribution >= 0.6 is 11.3 Å². The molecule has 0 spiro atoms. The Morgan fingerprint density at radius 3 is 2.55 bits per heavy atom. The quantitative estimate of drug-likeness (QED) is 0.402. The number of hydrogen-bond acceptors (Lipinski definition) is 7. The molecule has 0 aliphatic rings. The maximum atomic E-state index is 12.1. The van der Waals surface area contributed by atoms with E-state index in [1.165, 1.54) is 11.3 Å². The van der Waals surface area contributed by atoms with Crippen LogP contribution in [0.5, 0.6) is 0 Å². The molecule has 5 N–H and O–H groups in total. The fourth-order valence-electron chi connectivity index (χ4n) is 2.86. The zero-order valence-corrected chi connectivity index (χ0v) is 16.7. The Kier molecular flexibility index (Phi) is 7.31. The smallest absolute Gasteiger partial charge is 0.230 e. The molecule has 0 bridgehead atoms. The highest BCUT2D eigenvalue weighted by Gasteiger charge is 2.12. The topological polar surface area (TPSA) is 112 Å². The van der Waals surface area contributed by atoms with Crippen molar-refractivity contribution in [3.63, 3.8) is 0 Å². The number of aliphatic hydroxyl groups excluding tert-OH is 1.